The second-order valence-corrected chi connectivity index (χ2v) is 6.82. The van der Waals surface area contributed by atoms with Gasteiger partial charge in [-0.3, -0.25) is 0 Å². The molecule has 1 heterocycles. The minimum absolute atomic E-state index is 0.520. The van der Waals surface area contributed by atoms with Crippen LogP contribution in [0.2, 0.25) is 0 Å². The number of rotatable bonds is 6. The number of ether oxygens (including phenoxy) is 2. The lowest BCUT2D eigenvalue weighted by Gasteiger charge is -2.11. The highest BCUT2D eigenvalue weighted by Crippen LogP contribution is 2.32. The van der Waals surface area contributed by atoms with Crippen LogP contribution in [0.15, 0.2) is 24.3 Å². The maximum absolute atomic E-state index is 5.86. The van der Waals surface area contributed by atoms with Gasteiger partial charge in [-0.25, -0.2) is 0 Å². The molecule has 2 nitrogen and oxygen atoms in total. The molecule has 0 saturated heterocycles. The number of hydrogen-bond donors (Lipinski definition) is 0. The van der Waals surface area contributed by atoms with Gasteiger partial charge < -0.3 is 9.47 Å². The molecule has 2 aromatic rings. The van der Waals surface area contributed by atoms with Gasteiger partial charge in [0.1, 0.15) is 5.75 Å². The van der Waals surface area contributed by atoms with Gasteiger partial charge in [0.2, 0.25) is 0 Å². The molecule has 4 heteroatoms. The topological polar surface area (TPSA) is 18.5 Å². The van der Waals surface area contributed by atoms with Gasteiger partial charge in [-0.2, -0.15) is 0 Å². The molecule has 0 fully saturated rings. The number of fused-ring (bicyclic) bond motifs is 1. The maximum Gasteiger partial charge on any atom is 0.130 e. The third kappa shape index (κ3) is 3.78. The van der Waals surface area contributed by atoms with E-state index in [1.165, 1.54) is 10.3 Å². The zero-order valence-corrected chi connectivity index (χ0v) is 13.8. The van der Waals surface area contributed by atoms with E-state index in [0.29, 0.717) is 19.1 Å². The molecule has 0 saturated carbocycles. The van der Waals surface area contributed by atoms with E-state index in [4.69, 9.17) is 21.7 Å². The van der Waals surface area contributed by atoms with Crippen molar-refractivity contribution in [3.63, 3.8) is 0 Å². The Kier molecular flexibility index (Phi) is 5.52. The van der Waals surface area contributed by atoms with Crippen LogP contribution in [0, 0.1) is 3.82 Å². The summed E-state index contributed by atoms with van der Waals surface area (Å²) in [7, 11) is 1.70. The molecule has 0 aliphatic rings. The van der Waals surface area contributed by atoms with Crippen molar-refractivity contribution in [2.75, 3.05) is 20.3 Å². The fourth-order valence-electron chi connectivity index (χ4n) is 2.01. The third-order valence-corrected chi connectivity index (χ3v) is 4.39. The normalized spacial score (nSPS) is 11.2. The van der Waals surface area contributed by atoms with Crippen LogP contribution in [-0.2, 0) is 4.74 Å². The molecular formula is C16H20O2S2. The summed E-state index contributed by atoms with van der Waals surface area (Å²) >= 11 is 6.99. The minimum atomic E-state index is 0.520. The molecule has 0 aliphatic carbocycles. The summed E-state index contributed by atoms with van der Waals surface area (Å²) in [4.78, 5) is 0. The summed E-state index contributed by atoms with van der Waals surface area (Å²) in [5.74, 6) is 1.40. The SMILES string of the molecule is COCCCOc1cc(=S)sc2cc(C(C)C)ccc12. The fraction of sp³-hybridized carbons (Fsp3) is 0.438. The smallest absolute Gasteiger partial charge is 0.130 e. The number of methoxy groups -OCH3 is 1. The van der Waals surface area contributed by atoms with Gasteiger partial charge in [0.05, 0.1) is 10.4 Å². The van der Waals surface area contributed by atoms with Gasteiger partial charge in [-0.1, -0.05) is 32.1 Å². The molecule has 0 N–H and O–H groups in total. The van der Waals surface area contributed by atoms with Crippen LogP contribution in [0.25, 0.3) is 10.1 Å². The Balaban J connectivity index is 2.32. The van der Waals surface area contributed by atoms with Gasteiger partial charge in [-0.05, 0) is 23.6 Å². The van der Waals surface area contributed by atoms with E-state index in [2.05, 4.69) is 32.0 Å². The zero-order chi connectivity index (χ0) is 14.5. The highest BCUT2D eigenvalue weighted by Gasteiger charge is 2.07. The molecule has 108 valence electrons. The fourth-order valence-corrected chi connectivity index (χ4v) is 3.25. The van der Waals surface area contributed by atoms with Crippen molar-refractivity contribution < 1.29 is 9.47 Å². The van der Waals surface area contributed by atoms with Crippen LogP contribution >= 0.6 is 23.6 Å². The third-order valence-electron chi connectivity index (χ3n) is 3.15. The Morgan fingerprint density at radius 2 is 2.00 bits per heavy atom. The number of hydrogen-bond acceptors (Lipinski definition) is 4. The Labute approximate surface area is 129 Å². The highest BCUT2D eigenvalue weighted by molar-refractivity contribution is 7.73. The quantitative estimate of drug-likeness (QED) is 0.542. The molecule has 1 aromatic heterocycles. The first-order valence-corrected chi connectivity index (χ1v) is 8.04. The van der Waals surface area contributed by atoms with Crippen molar-refractivity contribution in [3.05, 3.63) is 33.7 Å². The summed E-state index contributed by atoms with van der Waals surface area (Å²) in [6.07, 6.45) is 0.882. The predicted molar refractivity (Wildman–Crippen MR) is 88.7 cm³/mol. The average molecular weight is 308 g/mol. The summed E-state index contributed by atoms with van der Waals surface area (Å²) in [5, 5.41) is 1.14. The lowest BCUT2D eigenvalue weighted by Crippen LogP contribution is -2.01. The molecule has 1 aromatic carbocycles. The first kappa shape index (κ1) is 15.4. The summed E-state index contributed by atoms with van der Waals surface area (Å²) in [6, 6.07) is 8.49. The molecule has 0 bridgehead atoms. The lowest BCUT2D eigenvalue weighted by molar-refractivity contribution is 0.172. The van der Waals surface area contributed by atoms with Crippen molar-refractivity contribution in [2.24, 2.45) is 0 Å². The summed E-state index contributed by atoms with van der Waals surface area (Å²) in [5.41, 5.74) is 1.33. The average Bonchev–Trinajstić information content (AvgIpc) is 2.42. The first-order chi connectivity index (χ1) is 9.61. The number of benzene rings is 1. The van der Waals surface area contributed by atoms with E-state index in [-0.39, 0.29) is 0 Å². The van der Waals surface area contributed by atoms with Crippen LogP contribution in [0.3, 0.4) is 0 Å². The van der Waals surface area contributed by atoms with Crippen molar-refractivity contribution in [1.82, 2.24) is 0 Å². The summed E-state index contributed by atoms with van der Waals surface area (Å²) in [6.45, 7) is 5.76. The van der Waals surface area contributed by atoms with Crippen molar-refractivity contribution in [2.45, 2.75) is 26.2 Å². The van der Waals surface area contributed by atoms with Gasteiger partial charge in [0.25, 0.3) is 0 Å². The maximum atomic E-state index is 5.86. The molecule has 20 heavy (non-hydrogen) atoms. The van der Waals surface area contributed by atoms with E-state index >= 15 is 0 Å². The van der Waals surface area contributed by atoms with Gasteiger partial charge in [-0.15, -0.1) is 11.3 Å². The highest BCUT2D eigenvalue weighted by atomic mass is 32.1. The standard InChI is InChI=1S/C16H20O2S2/c1-11(2)12-5-6-13-14(18-8-4-7-17-3)10-16(19)20-15(13)9-12/h5-6,9-11H,4,7-8H2,1-3H3. The van der Waals surface area contributed by atoms with Crippen molar-refractivity contribution in [3.8, 4) is 5.75 Å². The molecular weight excluding hydrogens is 288 g/mol. The zero-order valence-electron chi connectivity index (χ0n) is 12.1. The van der Waals surface area contributed by atoms with Crippen molar-refractivity contribution in [1.29, 1.82) is 0 Å². The first-order valence-electron chi connectivity index (χ1n) is 6.81. The van der Waals surface area contributed by atoms with Crippen LogP contribution in [0.4, 0.5) is 0 Å². The predicted octanol–water partition coefficient (Wildman–Crippen LogP) is 5.17. The van der Waals surface area contributed by atoms with Crippen LogP contribution in [0.1, 0.15) is 31.7 Å². The Morgan fingerprint density at radius 1 is 1.20 bits per heavy atom. The second-order valence-electron chi connectivity index (χ2n) is 5.03. The van der Waals surface area contributed by atoms with Crippen LogP contribution in [0.5, 0.6) is 5.75 Å². The van der Waals surface area contributed by atoms with E-state index in [9.17, 15) is 0 Å². The van der Waals surface area contributed by atoms with E-state index in [0.717, 1.165) is 21.4 Å². The molecule has 0 amide bonds. The Morgan fingerprint density at radius 3 is 2.70 bits per heavy atom. The summed E-state index contributed by atoms with van der Waals surface area (Å²) < 4.78 is 13.0. The molecule has 2 rings (SSSR count). The van der Waals surface area contributed by atoms with Gasteiger partial charge in [0.15, 0.2) is 0 Å². The van der Waals surface area contributed by atoms with Crippen LogP contribution in [-0.4, -0.2) is 20.3 Å². The van der Waals surface area contributed by atoms with Gasteiger partial charge in [0, 0.05) is 36.3 Å². The molecule has 0 spiro atoms. The molecule has 0 atom stereocenters. The van der Waals surface area contributed by atoms with Gasteiger partial charge >= 0.3 is 0 Å². The minimum Gasteiger partial charge on any atom is -0.493 e. The molecule has 0 aliphatic heterocycles. The molecule has 0 unspecified atom stereocenters. The van der Waals surface area contributed by atoms with Crippen LogP contribution < -0.4 is 4.74 Å². The largest absolute Gasteiger partial charge is 0.493 e. The lowest BCUT2D eigenvalue weighted by atomic mass is 10.0. The molecule has 0 radical (unpaired) electrons. The van der Waals surface area contributed by atoms with E-state index in [1.807, 2.05) is 6.07 Å². The van der Waals surface area contributed by atoms with E-state index < -0.39 is 0 Å². The Bertz CT molecular complexity index is 632. The van der Waals surface area contributed by atoms with Crippen molar-refractivity contribution >= 4 is 33.6 Å². The Hall–Kier alpha value is -0.970. The monoisotopic (exact) mass is 308 g/mol. The second kappa shape index (κ2) is 7.16. The van der Waals surface area contributed by atoms with E-state index in [1.54, 1.807) is 18.4 Å².